The smallest absolute Gasteiger partial charge is 0.0849 e. The molecule has 0 aromatic heterocycles. The molecule has 5 unspecified atom stereocenters. The Bertz CT molecular complexity index is 299. The van der Waals surface area contributed by atoms with Crippen LogP contribution in [0.1, 0.15) is 65.7 Å². The minimum absolute atomic E-state index is 0.0478. The Morgan fingerprint density at radius 2 is 1.75 bits per heavy atom. The molecule has 0 radical (unpaired) electrons. The number of nitrogens with two attached hydrogens (primary N) is 1. The summed E-state index contributed by atoms with van der Waals surface area (Å²) in [5, 5.41) is 0. The van der Waals surface area contributed by atoms with Gasteiger partial charge in [-0.25, -0.2) is 0 Å². The van der Waals surface area contributed by atoms with Gasteiger partial charge in [0.1, 0.15) is 0 Å². The standard InChI is InChI=1S/C17H34N2O/c1-12-6-5-7-17(11-12,20-4)16(19-18)15-9-13(2)8-14(3)10-15/h12-16,19H,5-11,18H2,1-4H3. The Balaban J connectivity index is 2.16. The highest BCUT2D eigenvalue weighted by atomic mass is 16.5. The topological polar surface area (TPSA) is 47.3 Å². The fourth-order valence-corrected chi connectivity index (χ4v) is 5.14. The monoisotopic (exact) mass is 282 g/mol. The Labute approximate surface area is 125 Å². The van der Waals surface area contributed by atoms with Crippen LogP contribution in [0, 0.1) is 23.7 Å². The van der Waals surface area contributed by atoms with Crippen molar-refractivity contribution in [2.45, 2.75) is 77.4 Å². The molecule has 0 bridgehead atoms. The summed E-state index contributed by atoms with van der Waals surface area (Å²) in [6.07, 6.45) is 8.85. The number of rotatable bonds is 4. The zero-order valence-electron chi connectivity index (χ0n) is 13.8. The number of nitrogens with one attached hydrogen (secondary N) is 1. The zero-order valence-corrected chi connectivity index (χ0v) is 13.8. The van der Waals surface area contributed by atoms with Crippen LogP contribution in [-0.4, -0.2) is 18.8 Å². The van der Waals surface area contributed by atoms with Crippen LogP contribution < -0.4 is 11.3 Å². The van der Waals surface area contributed by atoms with Crippen LogP contribution >= 0.6 is 0 Å². The fraction of sp³-hybridized carbons (Fsp3) is 1.00. The summed E-state index contributed by atoms with van der Waals surface area (Å²) in [5.74, 6) is 9.03. The van der Waals surface area contributed by atoms with Crippen molar-refractivity contribution in [2.24, 2.45) is 29.5 Å². The maximum Gasteiger partial charge on any atom is 0.0849 e. The molecular weight excluding hydrogens is 248 g/mol. The molecule has 2 rings (SSSR count). The second-order valence-electron chi connectivity index (χ2n) is 7.79. The Morgan fingerprint density at radius 1 is 1.10 bits per heavy atom. The number of hydrogen-bond acceptors (Lipinski definition) is 3. The summed E-state index contributed by atoms with van der Waals surface area (Å²) in [5.41, 5.74) is 3.12. The van der Waals surface area contributed by atoms with Gasteiger partial charge in [-0.15, -0.1) is 0 Å². The van der Waals surface area contributed by atoms with Crippen LogP contribution in [0.25, 0.3) is 0 Å². The summed E-state index contributed by atoms with van der Waals surface area (Å²) in [6.45, 7) is 7.13. The summed E-state index contributed by atoms with van der Waals surface area (Å²) < 4.78 is 6.08. The van der Waals surface area contributed by atoms with E-state index in [9.17, 15) is 0 Å². The molecular formula is C17H34N2O. The molecule has 0 saturated heterocycles. The molecule has 0 aliphatic heterocycles. The predicted molar refractivity (Wildman–Crippen MR) is 84.2 cm³/mol. The van der Waals surface area contributed by atoms with Gasteiger partial charge in [-0.2, -0.15) is 0 Å². The van der Waals surface area contributed by atoms with Crippen LogP contribution in [0.2, 0.25) is 0 Å². The van der Waals surface area contributed by atoms with E-state index in [1.54, 1.807) is 0 Å². The molecule has 0 amide bonds. The van der Waals surface area contributed by atoms with Gasteiger partial charge in [0.15, 0.2) is 0 Å². The Hall–Kier alpha value is -0.120. The van der Waals surface area contributed by atoms with E-state index in [0.717, 1.165) is 30.6 Å². The zero-order chi connectivity index (χ0) is 14.8. The van der Waals surface area contributed by atoms with Gasteiger partial charge in [-0.3, -0.25) is 11.3 Å². The molecule has 3 heteroatoms. The molecule has 20 heavy (non-hydrogen) atoms. The Morgan fingerprint density at radius 3 is 2.25 bits per heavy atom. The van der Waals surface area contributed by atoms with Crippen LogP contribution in [0.3, 0.4) is 0 Å². The molecule has 5 atom stereocenters. The molecule has 0 aromatic carbocycles. The highest BCUT2D eigenvalue weighted by Gasteiger charge is 2.46. The second kappa shape index (κ2) is 6.76. The largest absolute Gasteiger partial charge is 0.377 e. The van der Waals surface area contributed by atoms with Crippen molar-refractivity contribution in [3.8, 4) is 0 Å². The van der Waals surface area contributed by atoms with Gasteiger partial charge >= 0.3 is 0 Å². The van der Waals surface area contributed by atoms with E-state index in [2.05, 4.69) is 26.2 Å². The highest BCUT2D eigenvalue weighted by molar-refractivity contribution is 5.00. The van der Waals surface area contributed by atoms with Gasteiger partial charge in [0.25, 0.3) is 0 Å². The maximum atomic E-state index is 6.08. The number of methoxy groups -OCH3 is 1. The third kappa shape index (κ3) is 3.37. The van der Waals surface area contributed by atoms with E-state index >= 15 is 0 Å². The van der Waals surface area contributed by atoms with Crippen molar-refractivity contribution in [3.63, 3.8) is 0 Å². The van der Waals surface area contributed by atoms with Crippen LogP contribution in [-0.2, 0) is 4.74 Å². The molecule has 0 spiro atoms. The minimum atomic E-state index is -0.0478. The van der Waals surface area contributed by atoms with Crippen molar-refractivity contribution in [1.82, 2.24) is 5.43 Å². The lowest BCUT2D eigenvalue weighted by Gasteiger charge is -2.49. The molecule has 118 valence electrons. The van der Waals surface area contributed by atoms with Gasteiger partial charge in [0.2, 0.25) is 0 Å². The maximum absolute atomic E-state index is 6.08. The second-order valence-corrected chi connectivity index (χ2v) is 7.79. The fourth-order valence-electron chi connectivity index (χ4n) is 5.14. The molecule has 2 fully saturated rings. The van der Waals surface area contributed by atoms with Crippen molar-refractivity contribution in [2.75, 3.05) is 7.11 Å². The summed E-state index contributed by atoms with van der Waals surface area (Å²) >= 11 is 0. The molecule has 0 aromatic rings. The summed E-state index contributed by atoms with van der Waals surface area (Å²) in [7, 11) is 1.89. The van der Waals surface area contributed by atoms with Crippen molar-refractivity contribution in [3.05, 3.63) is 0 Å². The average molecular weight is 282 g/mol. The summed E-state index contributed by atoms with van der Waals surface area (Å²) in [4.78, 5) is 0. The van der Waals surface area contributed by atoms with Gasteiger partial charge in [0.05, 0.1) is 11.6 Å². The van der Waals surface area contributed by atoms with Gasteiger partial charge in [0, 0.05) is 7.11 Å². The van der Waals surface area contributed by atoms with Gasteiger partial charge in [-0.1, -0.05) is 33.6 Å². The first kappa shape index (κ1) is 16.3. The molecule has 3 nitrogen and oxygen atoms in total. The first-order valence-corrected chi connectivity index (χ1v) is 8.52. The van der Waals surface area contributed by atoms with Crippen LogP contribution in [0.4, 0.5) is 0 Å². The third-order valence-corrected chi connectivity index (χ3v) is 5.83. The normalized spacial score (nSPS) is 44.2. The summed E-state index contributed by atoms with van der Waals surface area (Å²) in [6, 6.07) is 0.306. The third-order valence-electron chi connectivity index (χ3n) is 5.83. The van der Waals surface area contributed by atoms with Crippen LogP contribution in [0.15, 0.2) is 0 Å². The average Bonchev–Trinajstić information content (AvgIpc) is 2.38. The van der Waals surface area contributed by atoms with Crippen molar-refractivity contribution in [1.29, 1.82) is 0 Å². The van der Waals surface area contributed by atoms with Crippen LogP contribution in [0.5, 0.6) is 0 Å². The number of hydrogen-bond donors (Lipinski definition) is 2. The lowest BCUT2D eigenvalue weighted by molar-refractivity contribution is -0.0994. The minimum Gasteiger partial charge on any atom is -0.377 e. The van der Waals surface area contributed by atoms with E-state index in [4.69, 9.17) is 10.6 Å². The highest BCUT2D eigenvalue weighted by Crippen LogP contribution is 2.44. The Kier molecular flexibility index (Phi) is 5.49. The number of ether oxygens (including phenoxy) is 1. The van der Waals surface area contributed by atoms with Crippen molar-refractivity contribution >= 4 is 0 Å². The molecule has 2 aliphatic rings. The number of hydrazine groups is 1. The molecule has 2 aliphatic carbocycles. The molecule has 3 N–H and O–H groups in total. The van der Waals surface area contributed by atoms with Gasteiger partial charge < -0.3 is 4.74 Å². The first-order chi connectivity index (χ1) is 9.50. The van der Waals surface area contributed by atoms with Gasteiger partial charge in [-0.05, 0) is 55.8 Å². The SMILES string of the molecule is COC1(C(NN)C2CC(C)CC(C)C2)CCCC(C)C1. The predicted octanol–water partition coefficient (Wildman–Crippen LogP) is 3.49. The van der Waals surface area contributed by atoms with E-state index < -0.39 is 0 Å². The lowest BCUT2D eigenvalue weighted by Crippen LogP contribution is -2.60. The first-order valence-electron chi connectivity index (χ1n) is 8.52. The lowest BCUT2D eigenvalue weighted by atomic mass is 9.65. The van der Waals surface area contributed by atoms with E-state index in [0.29, 0.717) is 12.0 Å². The molecule has 0 heterocycles. The van der Waals surface area contributed by atoms with E-state index in [-0.39, 0.29) is 5.60 Å². The quantitative estimate of drug-likeness (QED) is 0.613. The van der Waals surface area contributed by atoms with E-state index in [1.165, 1.54) is 32.1 Å². The van der Waals surface area contributed by atoms with Crippen molar-refractivity contribution < 1.29 is 4.74 Å². The molecule has 2 saturated carbocycles. The van der Waals surface area contributed by atoms with E-state index in [1.807, 2.05) is 7.11 Å².